The van der Waals surface area contributed by atoms with Crippen LogP contribution in [-0.2, 0) is 24.7 Å². The minimum absolute atomic E-state index is 0.0259. The molecular weight excluding hydrogens is 567 g/mol. The quantitative estimate of drug-likeness (QED) is 0.253. The van der Waals surface area contributed by atoms with Crippen molar-refractivity contribution >= 4 is 36.7 Å². The van der Waals surface area contributed by atoms with Crippen LogP contribution in [0.5, 0.6) is 0 Å². The SMILES string of the molecule is NS(=O)(=O)c1c(S(=O)(=O)C2C[NH2+]C2)ccc(-c2cccc3ncccc23)c1-c1nn[nH]n1.O=C([O-])C(F)(F)F. The molecule has 3 heterocycles. The lowest BCUT2D eigenvalue weighted by molar-refractivity contribution is -0.702. The van der Waals surface area contributed by atoms with Gasteiger partial charge in [-0.3, -0.25) is 4.98 Å². The summed E-state index contributed by atoms with van der Waals surface area (Å²) in [5.74, 6) is -3.09. The Morgan fingerprint density at radius 2 is 1.74 bits per heavy atom. The molecule has 0 unspecified atom stereocenters. The van der Waals surface area contributed by atoms with E-state index in [1.165, 1.54) is 6.07 Å². The van der Waals surface area contributed by atoms with Crippen LogP contribution in [0, 0.1) is 0 Å². The summed E-state index contributed by atoms with van der Waals surface area (Å²) < 4.78 is 83.6. The lowest BCUT2D eigenvalue weighted by Crippen LogP contribution is -2.99. The fourth-order valence-electron chi connectivity index (χ4n) is 3.86. The van der Waals surface area contributed by atoms with E-state index in [4.69, 9.17) is 15.0 Å². The number of sulfonamides is 1. The maximum atomic E-state index is 13.2. The number of sulfone groups is 1. The first kappa shape index (κ1) is 28.0. The number of aliphatic carboxylic acids is 1. The number of primary sulfonamides is 1. The van der Waals surface area contributed by atoms with Crippen molar-refractivity contribution < 1.29 is 45.2 Å². The first-order chi connectivity index (χ1) is 18.2. The first-order valence-corrected chi connectivity index (χ1v) is 13.9. The van der Waals surface area contributed by atoms with Crippen LogP contribution in [0.15, 0.2) is 58.5 Å². The Bertz CT molecular complexity index is 1750. The standard InChI is InChI=1S/C19H17N7O4S2.C2HF3O2/c20-32(29,30)18-16(31(27,28)11-9-21-10-11)7-6-14(17(18)19-23-25-26-24-19)12-3-1-5-15-13(12)4-2-8-22-15;3-2(4,5)1(6)7/h1-8,11,21H,9-10H2,(H2,20,29,30)(H,23,24,25,26);(H,6,7). The summed E-state index contributed by atoms with van der Waals surface area (Å²) in [6.07, 6.45) is -3.55. The maximum absolute atomic E-state index is 13.2. The number of carbonyl (C=O) groups excluding carboxylic acids is 1. The highest BCUT2D eigenvalue weighted by Crippen LogP contribution is 2.41. The second-order valence-corrected chi connectivity index (χ2v) is 11.9. The number of carboxylic acids is 1. The summed E-state index contributed by atoms with van der Waals surface area (Å²) in [6, 6.07) is 11.8. The molecule has 5 rings (SSSR count). The molecule has 4 aromatic rings. The lowest BCUT2D eigenvalue weighted by Gasteiger charge is -2.25. The van der Waals surface area contributed by atoms with Crippen LogP contribution in [0.4, 0.5) is 13.2 Å². The predicted octanol–water partition coefficient (Wildman–Crippen LogP) is -1.25. The van der Waals surface area contributed by atoms with E-state index in [1.807, 2.05) is 17.4 Å². The zero-order valence-corrected chi connectivity index (χ0v) is 21.1. The average molecular weight is 586 g/mol. The molecule has 0 bridgehead atoms. The van der Waals surface area contributed by atoms with Gasteiger partial charge in [-0.2, -0.15) is 18.4 Å². The normalized spacial score (nSPS) is 14.4. The van der Waals surface area contributed by atoms with E-state index >= 15 is 0 Å². The Labute approximate surface area is 218 Å². The number of hydrogen-bond donors (Lipinski definition) is 3. The van der Waals surface area contributed by atoms with Gasteiger partial charge < -0.3 is 15.2 Å². The molecule has 1 aliphatic rings. The maximum Gasteiger partial charge on any atom is 0.430 e. The van der Waals surface area contributed by atoms with Crippen LogP contribution in [-0.4, -0.2) is 72.9 Å². The summed E-state index contributed by atoms with van der Waals surface area (Å²) in [5, 5.41) is 30.0. The number of aromatic nitrogens is 5. The number of nitrogens with zero attached hydrogens (tertiary/aromatic N) is 4. The molecule has 0 atom stereocenters. The van der Waals surface area contributed by atoms with Crippen molar-refractivity contribution in [2.45, 2.75) is 21.2 Å². The van der Waals surface area contributed by atoms with Crippen LogP contribution in [0.1, 0.15) is 0 Å². The van der Waals surface area contributed by atoms with Gasteiger partial charge in [-0.25, -0.2) is 22.0 Å². The number of quaternary nitrogens is 1. The molecule has 5 N–H and O–H groups in total. The van der Waals surface area contributed by atoms with Gasteiger partial charge in [0.15, 0.2) is 15.1 Å². The Morgan fingerprint density at radius 3 is 2.28 bits per heavy atom. The molecule has 18 heteroatoms. The number of nitrogens with one attached hydrogen (secondary N) is 1. The smallest absolute Gasteiger partial charge is 0.430 e. The number of nitrogens with two attached hydrogens (primary N) is 2. The van der Waals surface area contributed by atoms with Crippen LogP contribution >= 0.6 is 0 Å². The number of hydrogen-bond acceptors (Lipinski definition) is 10. The van der Waals surface area contributed by atoms with Crippen molar-refractivity contribution in [3.8, 4) is 22.5 Å². The molecule has 0 amide bonds. The van der Waals surface area contributed by atoms with Crippen LogP contribution < -0.4 is 15.6 Å². The van der Waals surface area contributed by atoms with E-state index < -0.39 is 42.2 Å². The number of tetrazole rings is 1. The van der Waals surface area contributed by atoms with Gasteiger partial charge in [0, 0.05) is 11.6 Å². The van der Waals surface area contributed by atoms with Gasteiger partial charge in [-0.1, -0.05) is 24.3 Å². The summed E-state index contributed by atoms with van der Waals surface area (Å²) in [7, 11) is -8.46. The van der Waals surface area contributed by atoms with Crippen molar-refractivity contribution in [1.82, 2.24) is 25.6 Å². The minimum Gasteiger partial charge on any atom is -0.542 e. The third-order valence-corrected chi connectivity index (χ3v) is 9.08. The zero-order chi connectivity index (χ0) is 28.6. The second kappa shape index (κ2) is 10.3. The van der Waals surface area contributed by atoms with E-state index in [0.717, 1.165) is 5.39 Å². The highest BCUT2D eigenvalue weighted by atomic mass is 32.2. The molecule has 1 fully saturated rings. The molecule has 0 aliphatic carbocycles. The summed E-state index contributed by atoms with van der Waals surface area (Å²) in [6.45, 7) is 0.696. The van der Waals surface area contributed by atoms with Crippen molar-refractivity contribution in [2.24, 2.45) is 5.14 Å². The molecule has 1 aliphatic heterocycles. The lowest BCUT2D eigenvalue weighted by atomic mass is 9.95. The number of carboxylic acid groups (broad SMARTS) is 1. The summed E-state index contributed by atoms with van der Waals surface area (Å²) >= 11 is 0. The summed E-state index contributed by atoms with van der Waals surface area (Å²) in [4.78, 5) is 12.2. The Morgan fingerprint density at radius 1 is 1.05 bits per heavy atom. The Kier molecular flexibility index (Phi) is 7.39. The fourth-order valence-corrected chi connectivity index (χ4v) is 7.15. The van der Waals surface area contributed by atoms with E-state index in [9.17, 15) is 30.0 Å². The van der Waals surface area contributed by atoms with Gasteiger partial charge in [-0.15, -0.1) is 10.2 Å². The van der Waals surface area contributed by atoms with E-state index in [-0.39, 0.29) is 16.3 Å². The number of halogens is 3. The van der Waals surface area contributed by atoms with Crippen molar-refractivity contribution in [1.29, 1.82) is 0 Å². The van der Waals surface area contributed by atoms with Crippen molar-refractivity contribution in [2.75, 3.05) is 13.1 Å². The molecular formula is C21H18F3N7O6S2. The summed E-state index contributed by atoms with van der Waals surface area (Å²) in [5.41, 5.74) is 1.68. The molecule has 39 heavy (non-hydrogen) atoms. The van der Waals surface area contributed by atoms with Crippen LogP contribution in [0.25, 0.3) is 33.4 Å². The van der Waals surface area contributed by atoms with E-state index in [2.05, 4.69) is 25.6 Å². The highest BCUT2D eigenvalue weighted by Gasteiger charge is 2.41. The van der Waals surface area contributed by atoms with Gasteiger partial charge >= 0.3 is 6.18 Å². The topological polar surface area (TPSA) is 218 Å². The number of rotatable bonds is 5. The molecule has 0 radical (unpaired) electrons. The number of benzene rings is 2. The highest BCUT2D eigenvalue weighted by molar-refractivity contribution is 7.94. The molecule has 0 saturated carbocycles. The fraction of sp³-hybridized carbons (Fsp3) is 0.190. The molecule has 0 spiro atoms. The first-order valence-electron chi connectivity index (χ1n) is 10.8. The Balaban J connectivity index is 0.000000448. The van der Waals surface area contributed by atoms with Gasteiger partial charge in [-0.05, 0) is 34.5 Å². The number of carbonyl (C=O) groups is 1. The molecule has 2 aromatic heterocycles. The number of H-pyrrole nitrogens is 1. The van der Waals surface area contributed by atoms with Gasteiger partial charge in [0.05, 0.1) is 29.1 Å². The monoisotopic (exact) mass is 585 g/mol. The predicted molar refractivity (Wildman–Crippen MR) is 125 cm³/mol. The molecule has 13 nitrogen and oxygen atoms in total. The Hall–Kier alpha value is -4.00. The molecule has 1 saturated heterocycles. The van der Waals surface area contributed by atoms with Crippen LogP contribution in [0.2, 0.25) is 0 Å². The second-order valence-electron chi connectivity index (χ2n) is 8.18. The van der Waals surface area contributed by atoms with Crippen molar-refractivity contribution in [3.05, 3.63) is 48.7 Å². The average Bonchev–Trinajstić information content (AvgIpc) is 3.35. The van der Waals surface area contributed by atoms with E-state index in [1.54, 1.807) is 30.5 Å². The number of pyridine rings is 1. The number of aromatic amines is 1. The third-order valence-electron chi connectivity index (χ3n) is 5.75. The largest absolute Gasteiger partial charge is 0.542 e. The van der Waals surface area contributed by atoms with E-state index in [0.29, 0.717) is 29.7 Å². The van der Waals surface area contributed by atoms with Crippen molar-refractivity contribution in [3.63, 3.8) is 0 Å². The van der Waals surface area contributed by atoms with Gasteiger partial charge in [0.2, 0.25) is 15.8 Å². The third kappa shape index (κ3) is 5.58. The van der Waals surface area contributed by atoms with Gasteiger partial charge in [0.1, 0.15) is 10.9 Å². The minimum atomic E-state index is -5.19. The number of fused-ring (bicyclic) bond motifs is 1. The van der Waals surface area contributed by atoms with Gasteiger partial charge in [0.25, 0.3) is 0 Å². The zero-order valence-electron chi connectivity index (χ0n) is 19.5. The number of alkyl halides is 3. The van der Waals surface area contributed by atoms with Crippen LogP contribution in [0.3, 0.4) is 0 Å². The molecule has 2 aromatic carbocycles. The molecule has 206 valence electrons.